The van der Waals surface area contributed by atoms with Crippen LogP contribution in [0.15, 0.2) is 24.3 Å². The lowest BCUT2D eigenvalue weighted by atomic mass is 9.89. The van der Waals surface area contributed by atoms with E-state index >= 15 is 0 Å². The van der Waals surface area contributed by atoms with Gasteiger partial charge in [0, 0.05) is 16.0 Å². The van der Waals surface area contributed by atoms with Crippen LogP contribution in [0, 0.1) is 20.8 Å². The third-order valence-electron chi connectivity index (χ3n) is 6.27. The number of nitrogens with zero attached hydrogens (tertiary/aromatic N) is 1. The molecule has 1 aliphatic rings. The number of fused-ring (bicyclic) bond motifs is 4. The number of thiophene rings is 2. The highest BCUT2D eigenvalue weighted by Gasteiger charge is 2.29. The first-order valence-corrected chi connectivity index (χ1v) is 11.9. The van der Waals surface area contributed by atoms with E-state index in [2.05, 4.69) is 16.4 Å². The fourth-order valence-corrected chi connectivity index (χ4v) is 6.79. The quantitative estimate of drug-likeness (QED) is 0.398. The molecule has 0 fully saturated rings. The maximum absolute atomic E-state index is 13.3. The third kappa shape index (κ3) is 3.02. The third-order valence-corrected chi connectivity index (χ3v) is 8.55. The number of aromatic nitrogens is 1. The number of pyridine rings is 1. The summed E-state index contributed by atoms with van der Waals surface area (Å²) in [5, 5.41) is 4.22. The van der Waals surface area contributed by atoms with Crippen molar-refractivity contribution in [2.45, 2.75) is 33.6 Å². The molecule has 1 aromatic carbocycles. The van der Waals surface area contributed by atoms with Gasteiger partial charge >= 0.3 is 0 Å². The van der Waals surface area contributed by atoms with E-state index < -0.39 is 5.91 Å². The van der Waals surface area contributed by atoms with Crippen LogP contribution in [-0.4, -0.2) is 16.8 Å². The Morgan fingerprint density at radius 3 is 2.56 bits per heavy atom. The Morgan fingerprint density at radius 1 is 1.06 bits per heavy atom. The first-order valence-electron chi connectivity index (χ1n) is 10.3. The van der Waals surface area contributed by atoms with Gasteiger partial charge in [0.05, 0.1) is 11.3 Å². The van der Waals surface area contributed by atoms with E-state index in [0.717, 1.165) is 49.5 Å². The van der Waals surface area contributed by atoms with E-state index in [0.29, 0.717) is 27.5 Å². The maximum atomic E-state index is 13.3. The molecule has 3 heterocycles. The molecule has 5 rings (SSSR count). The second-order valence-corrected chi connectivity index (χ2v) is 10.1. The van der Waals surface area contributed by atoms with Gasteiger partial charge in [0.2, 0.25) is 0 Å². The van der Waals surface area contributed by atoms with Gasteiger partial charge in [-0.25, -0.2) is 4.98 Å². The molecule has 32 heavy (non-hydrogen) atoms. The van der Waals surface area contributed by atoms with Crippen molar-refractivity contribution in [2.24, 2.45) is 5.73 Å². The van der Waals surface area contributed by atoms with Crippen LogP contribution in [-0.2, 0) is 12.8 Å². The molecule has 4 aromatic rings. The number of hydrogen-bond donors (Lipinski definition) is 3. The van der Waals surface area contributed by atoms with E-state index in [4.69, 9.17) is 11.5 Å². The fourth-order valence-electron chi connectivity index (χ4n) is 4.39. The lowest BCUT2D eigenvalue weighted by molar-refractivity contribution is 0.100. The Labute approximate surface area is 193 Å². The Balaban J connectivity index is 1.59. The number of nitrogens with two attached hydrogens (primary N) is 2. The number of carbonyl (C=O) groups excluding carboxylic acids is 2. The molecular formula is C24H22N4O2S2. The monoisotopic (exact) mass is 462 g/mol. The Bertz CT molecular complexity index is 1450. The van der Waals surface area contributed by atoms with Crippen LogP contribution in [0.3, 0.4) is 0 Å². The second-order valence-electron chi connectivity index (χ2n) is 8.06. The molecule has 0 bridgehead atoms. The molecule has 0 radical (unpaired) electrons. The summed E-state index contributed by atoms with van der Waals surface area (Å²) >= 11 is 2.66. The number of benzene rings is 1. The summed E-state index contributed by atoms with van der Waals surface area (Å²) in [7, 11) is 0. The number of carbonyl (C=O) groups is 2. The largest absolute Gasteiger partial charge is 0.397 e. The van der Waals surface area contributed by atoms with Crippen LogP contribution in [0.1, 0.15) is 48.0 Å². The van der Waals surface area contributed by atoms with Gasteiger partial charge in [-0.15, -0.1) is 22.7 Å². The van der Waals surface area contributed by atoms with E-state index in [1.807, 2.05) is 39.0 Å². The molecule has 5 N–H and O–H groups in total. The number of rotatable bonds is 3. The zero-order chi connectivity index (χ0) is 22.7. The van der Waals surface area contributed by atoms with Gasteiger partial charge in [-0.05, 0) is 61.4 Å². The SMILES string of the molecule is Cc1nc2sc(C(=O)Nc3sc4c(c3C(N)=O)CCc3ccccc3-4)c(N)c2c(C)c1C. The van der Waals surface area contributed by atoms with Crippen molar-refractivity contribution in [3.63, 3.8) is 0 Å². The Kier molecular flexibility index (Phi) is 4.79. The molecule has 0 atom stereocenters. The van der Waals surface area contributed by atoms with E-state index in [-0.39, 0.29) is 5.91 Å². The summed E-state index contributed by atoms with van der Waals surface area (Å²) in [5.74, 6) is -0.889. The smallest absolute Gasteiger partial charge is 0.268 e. The number of amides is 2. The highest BCUT2D eigenvalue weighted by atomic mass is 32.1. The predicted molar refractivity (Wildman–Crippen MR) is 132 cm³/mol. The summed E-state index contributed by atoms with van der Waals surface area (Å²) in [6.45, 7) is 5.94. The number of nitrogen functional groups attached to an aromatic ring is 1. The van der Waals surface area contributed by atoms with Gasteiger partial charge in [-0.3, -0.25) is 9.59 Å². The van der Waals surface area contributed by atoms with Crippen molar-refractivity contribution in [1.29, 1.82) is 0 Å². The molecule has 0 unspecified atom stereocenters. The van der Waals surface area contributed by atoms with E-state index in [1.165, 1.54) is 28.2 Å². The lowest BCUT2D eigenvalue weighted by Gasteiger charge is -2.16. The molecule has 0 saturated heterocycles. The number of primary amides is 1. The molecule has 1 aliphatic carbocycles. The summed E-state index contributed by atoms with van der Waals surface area (Å²) in [6, 6.07) is 8.13. The molecule has 8 heteroatoms. The molecular weight excluding hydrogens is 440 g/mol. The number of aryl methyl sites for hydroxylation is 3. The average molecular weight is 463 g/mol. The summed E-state index contributed by atoms with van der Waals surface area (Å²) in [5.41, 5.74) is 19.2. The van der Waals surface area contributed by atoms with Crippen molar-refractivity contribution in [3.05, 3.63) is 62.7 Å². The minimum atomic E-state index is -0.537. The average Bonchev–Trinajstić information content (AvgIpc) is 3.29. The Hall–Kier alpha value is -3.23. The van der Waals surface area contributed by atoms with Crippen LogP contribution >= 0.6 is 22.7 Å². The summed E-state index contributed by atoms with van der Waals surface area (Å²) < 4.78 is 0. The van der Waals surface area contributed by atoms with Crippen LogP contribution in [0.5, 0.6) is 0 Å². The van der Waals surface area contributed by atoms with E-state index in [1.54, 1.807) is 0 Å². The minimum Gasteiger partial charge on any atom is -0.397 e. The van der Waals surface area contributed by atoms with Crippen molar-refractivity contribution in [3.8, 4) is 10.4 Å². The highest BCUT2D eigenvalue weighted by Crippen LogP contribution is 2.45. The molecule has 3 aromatic heterocycles. The number of nitrogens with one attached hydrogen (secondary N) is 1. The summed E-state index contributed by atoms with van der Waals surface area (Å²) in [6.07, 6.45) is 1.55. The molecule has 0 aliphatic heterocycles. The van der Waals surface area contributed by atoms with Gasteiger partial charge in [0.15, 0.2) is 0 Å². The van der Waals surface area contributed by atoms with Crippen LogP contribution < -0.4 is 16.8 Å². The lowest BCUT2D eigenvalue weighted by Crippen LogP contribution is -2.18. The highest BCUT2D eigenvalue weighted by molar-refractivity contribution is 7.22. The molecule has 162 valence electrons. The topological polar surface area (TPSA) is 111 Å². The number of anilines is 2. The molecule has 0 saturated carbocycles. The molecule has 6 nitrogen and oxygen atoms in total. The van der Waals surface area contributed by atoms with Crippen molar-refractivity contribution in [1.82, 2.24) is 4.98 Å². The molecule has 0 spiro atoms. The van der Waals surface area contributed by atoms with Gasteiger partial charge in [-0.1, -0.05) is 24.3 Å². The van der Waals surface area contributed by atoms with Gasteiger partial charge < -0.3 is 16.8 Å². The van der Waals surface area contributed by atoms with Gasteiger partial charge in [0.25, 0.3) is 11.8 Å². The maximum Gasteiger partial charge on any atom is 0.268 e. The van der Waals surface area contributed by atoms with Crippen LogP contribution in [0.25, 0.3) is 20.7 Å². The van der Waals surface area contributed by atoms with Crippen molar-refractivity contribution < 1.29 is 9.59 Å². The van der Waals surface area contributed by atoms with Crippen molar-refractivity contribution >= 4 is 55.4 Å². The normalized spacial score (nSPS) is 12.5. The van der Waals surface area contributed by atoms with Crippen LogP contribution in [0.4, 0.5) is 10.7 Å². The minimum absolute atomic E-state index is 0.352. The van der Waals surface area contributed by atoms with Crippen molar-refractivity contribution in [2.75, 3.05) is 11.1 Å². The van der Waals surface area contributed by atoms with Gasteiger partial charge in [0.1, 0.15) is 14.7 Å². The zero-order valence-electron chi connectivity index (χ0n) is 18.0. The zero-order valence-corrected chi connectivity index (χ0v) is 19.6. The first-order chi connectivity index (χ1) is 15.3. The summed E-state index contributed by atoms with van der Waals surface area (Å²) in [4.78, 5) is 32.4. The fraction of sp³-hybridized carbons (Fsp3) is 0.208. The van der Waals surface area contributed by atoms with E-state index in [9.17, 15) is 9.59 Å². The standard InChI is InChI=1S/C24H22N4O2S2/c1-10-11(2)16-18(25)20(32-23(16)27-12(10)3)22(30)28-24-17(21(26)29)15-9-8-13-6-4-5-7-14(13)19(15)31-24/h4-7H,8-9,25H2,1-3H3,(H2,26,29)(H,28,30). The Morgan fingerprint density at radius 2 is 1.81 bits per heavy atom. The number of hydrogen-bond acceptors (Lipinski definition) is 6. The van der Waals surface area contributed by atoms with Crippen LogP contribution in [0.2, 0.25) is 0 Å². The predicted octanol–water partition coefficient (Wildman–Crippen LogP) is 4.98. The second kappa shape index (κ2) is 7.43. The van der Waals surface area contributed by atoms with Gasteiger partial charge in [-0.2, -0.15) is 0 Å². The molecule has 2 amide bonds. The first kappa shape index (κ1) is 20.7.